The molecule has 0 bridgehead atoms. The molecule has 5 aromatic rings. The summed E-state index contributed by atoms with van der Waals surface area (Å²) in [5.74, 6) is 1.65. The van der Waals surface area contributed by atoms with Gasteiger partial charge in [0, 0.05) is 22.6 Å². The lowest BCUT2D eigenvalue weighted by atomic mass is 10.0. The molecule has 0 fully saturated rings. The van der Waals surface area contributed by atoms with Gasteiger partial charge in [0.1, 0.15) is 17.2 Å². The van der Waals surface area contributed by atoms with E-state index in [1.165, 1.54) is 5.56 Å². The van der Waals surface area contributed by atoms with E-state index in [0.717, 1.165) is 39.7 Å². The van der Waals surface area contributed by atoms with Crippen LogP contribution in [0.4, 0.5) is 17.1 Å². The summed E-state index contributed by atoms with van der Waals surface area (Å²) in [7, 11) is 0. The third kappa shape index (κ3) is 6.25. The molecule has 0 saturated carbocycles. The van der Waals surface area contributed by atoms with E-state index in [-0.39, 0.29) is 0 Å². The smallest absolute Gasteiger partial charge is 0.338 e. The van der Waals surface area contributed by atoms with Crippen LogP contribution in [0.25, 0.3) is 11.1 Å². The van der Waals surface area contributed by atoms with Crippen LogP contribution in [-0.4, -0.2) is 5.97 Å². The molecule has 0 heterocycles. The van der Waals surface area contributed by atoms with Gasteiger partial charge in [-0.3, -0.25) is 0 Å². The van der Waals surface area contributed by atoms with E-state index in [0.29, 0.717) is 11.3 Å². The van der Waals surface area contributed by atoms with Gasteiger partial charge in [0.25, 0.3) is 0 Å². The fourth-order valence-corrected chi connectivity index (χ4v) is 4.14. The van der Waals surface area contributed by atoms with Crippen LogP contribution < -0.4 is 14.4 Å². The maximum atomic E-state index is 11.8. The highest BCUT2D eigenvalue weighted by Crippen LogP contribution is 2.37. The maximum absolute atomic E-state index is 11.8. The number of hydrogen-bond donors (Lipinski definition) is 0. The summed E-state index contributed by atoms with van der Waals surface area (Å²) in [6, 6.07) is 42.2. The van der Waals surface area contributed by atoms with Gasteiger partial charge >= 0.3 is 5.97 Å². The van der Waals surface area contributed by atoms with E-state index in [1.54, 1.807) is 19.1 Å². The summed E-state index contributed by atoms with van der Waals surface area (Å²) >= 11 is 0. The number of hydrogen-bond acceptors (Lipinski definition) is 4. The molecule has 0 spiro atoms. The first kappa shape index (κ1) is 25.6. The van der Waals surface area contributed by atoms with Crippen LogP contribution in [0.5, 0.6) is 17.2 Å². The molecule has 0 aliphatic carbocycles. The van der Waals surface area contributed by atoms with Crippen LogP contribution in [0, 0.1) is 6.92 Å². The second-order valence-electron chi connectivity index (χ2n) is 9.32. The van der Waals surface area contributed by atoms with Gasteiger partial charge in [-0.2, -0.15) is 0 Å². The van der Waals surface area contributed by atoms with Gasteiger partial charge in [-0.25, -0.2) is 4.79 Å². The number of aryl methyl sites for hydroxylation is 1. The lowest BCUT2D eigenvalue weighted by Gasteiger charge is -2.26. The Morgan fingerprint density at radius 1 is 0.590 bits per heavy atom. The Hall–Kier alpha value is -5.09. The normalized spacial score (nSPS) is 10.5. The largest absolute Gasteiger partial charge is 0.457 e. The Morgan fingerprint density at radius 2 is 1.03 bits per heavy atom. The van der Waals surface area contributed by atoms with Crippen LogP contribution in [0.2, 0.25) is 0 Å². The van der Waals surface area contributed by atoms with Gasteiger partial charge in [-0.05, 0) is 97.8 Å². The average molecular weight is 512 g/mol. The van der Waals surface area contributed by atoms with Crippen molar-refractivity contribution in [3.63, 3.8) is 0 Å². The number of carbonyl (C=O) groups is 1. The first-order chi connectivity index (χ1) is 19.0. The standard InChI is InChI=1S/C35H29NO3/c1-25(2)35(37)39-34-21-13-28(14-22-34)27-11-17-30(18-12-27)36(29-15-9-26(3)10-16-29)31-19-23-33(24-20-31)38-32-7-5-4-6-8-32/h4-24H,1H2,2-3H3. The Morgan fingerprint density at radius 3 is 1.56 bits per heavy atom. The molecule has 4 nitrogen and oxygen atoms in total. The monoisotopic (exact) mass is 511 g/mol. The number of para-hydroxylation sites is 1. The molecule has 0 aliphatic heterocycles. The van der Waals surface area contributed by atoms with Crippen molar-refractivity contribution >= 4 is 23.0 Å². The van der Waals surface area contributed by atoms with Crippen LogP contribution >= 0.6 is 0 Å². The molecular formula is C35H29NO3. The van der Waals surface area contributed by atoms with Gasteiger partial charge in [-0.15, -0.1) is 0 Å². The summed E-state index contributed by atoms with van der Waals surface area (Å²) < 4.78 is 11.3. The molecule has 0 aliphatic rings. The zero-order chi connectivity index (χ0) is 27.2. The Bertz CT molecular complexity index is 1560. The number of rotatable bonds is 8. The van der Waals surface area contributed by atoms with Crippen LogP contribution in [0.1, 0.15) is 12.5 Å². The third-order valence-electron chi connectivity index (χ3n) is 6.24. The van der Waals surface area contributed by atoms with Gasteiger partial charge in [0.15, 0.2) is 0 Å². The van der Waals surface area contributed by atoms with Gasteiger partial charge in [0.05, 0.1) is 0 Å². The molecule has 0 aromatic heterocycles. The van der Waals surface area contributed by atoms with Crippen LogP contribution in [-0.2, 0) is 4.79 Å². The number of esters is 1. The number of carbonyl (C=O) groups excluding carboxylic acids is 1. The number of ether oxygens (including phenoxy) is 2. The topological polar surface area (TPSA) is 38.8 Å². The van der Waals surface area contributed by atoms with Crippen molar-refractivity contribution in [3.8, 4) is 28.4 Å². The van der Waals surface area contributed by atoms with Crippen LogP contribution in [0.15, 0.2) is 140 Å². The SMILES string of the molecule is C=C(C)C(=O)Oc1ccc(-c2ccc(N(c3ccc(C)cc3)c3ccc(Oc4ccccc4)cc3)cc2)cc1. The predicted octanol–water partition coefficient (Wildman–Crippen LogP) is 9.41. The van der Waals surface area contributed by atoms with Crippen molar-refractivity contribution in [1.82, 2.24) is 0 Å². The molecule has 39 heavy (non-hydrogen) atoms. The first-order valence-electron chi connectivity index (χ1n) is 12.7. The van der Waals surface area contributed by atoms with E-state index < -0.39 is 5.97 Å². The fraction of sp³-hybridized carbons (Fsp3) is 0.0571. The summed E-state index contributed by atoms with van der Waals surface area (Å²) in [6.45, 7) is 7.34. The lowest BCUT2D eigenvalue weighted by molar-refractivity contribution is -0.130. The van der Waals surface area contributed by atoms with Crippen molar-refractivity contribution in [2.75, 3.05) is 4.90 Å². The summed E-state index contributed by atoms with van der Waals surface area (Å²) in [6.07, 6.45) is 0. The van der Waals surface area contributed by atoms with E-state index in [9.17, 15) is 4.79 Å². The van der Waals surface area contributed by atoms with E-state index >= 15 is 0 Å². The zero-order valence-corrected chi connectivity index (χ0v) is 22.0. The van der Waals surface area contributed by atoms with Crippen molar-refractivity contribution < 1.29 is 14.3 Å². The minimum Gasteiger partial charge on any atom is -0.457 e. The molecule has 0 atom stereocenters. The minimum atomic E-state index is -0.428. The molecule has 5 rings (SSSR count). The molecule has 0 saturated heterocycles. The molecule has 0 amide bonds. The van der Waals surface area contributed by atoms with Crippen molar-refractivity contribution in [2.24, 2.45) is 0 Å². The fourth-order valence-electron chi connectivity index (χ4n) is 4.14. The zero-order valence-electron chi connectivity index (χ0n) is 22.0. The Labute approximate surface area is 229 Å². The molecule has 0 radical (unpaired) electrons. The Balaban J connectivity index is 1.40. The van der Waals surface area contributed by atoms with Crippen molar-refractivity contribution in [3.05, 3.63) is 145 Å². The number of nitrogens with zero attached hydrogens (tertiary/aromatic N) is 1. The van der Waals surface area contributed by atoms with E-state index in [1.807, 2.05) is 54.6 Å². The predicted molar refractivity (Wildman–Crippen MR) is 158 cm³/mol. The lowest BCUT2D eigenvalue weighted by Crippen LogP contribution is -2.09. The number of benzene rings is 5. The highest BCUT2D eigenvalue weighted by Gasteiger charge is 2.13. The van der Waals surface area contributed by atoms with Crippen LogP contribution in [0.3, 0.4) is 0 Å². The highest BCUT2D eigenvalue weighted by atomic mass is 16.5. The van der Waals surface area contributed by atoms with E-state index in [2.05, 4.69) is 79.1 Å². The van der Waals surface area contributed by atoms with E-state index in [4.69, 9.17) is 9.47 Å². The summed E-state index contributed by atoms with van der Waals surface area (Å²) in [4.78, 5) is 14.0. The third-order valence-corrected chi connectivity index (χ3v) is 6.24. The van der Waals surface area contributed by atoms with Crippen molar-refractivity contribution in [1.29, 1.82) is 0 Å². The molecular weight excluding hydrogens is 482 g/mol. The minimum absolute atomic E-state index is 0.367. The second kappa shape index (κ2) is 11.5. The molecule has 5 aromatic carbocycles. The second-order valence-corrected chi connectivity index (χ2v) is 9.32. The average Bonchev–Trinajstić information content (AvgIpc) is 2.96. The Kier molecular flexibility index (Phi) is 7.56. The number of anilines is 3. The molecule has 0 N–H and O–H groups in total. The molecule has 192 valence electrons. The summed E-state index contributed by atoms with van der Waals surface area (Å²) in [5.41, 5.74) is 6.79. The maximum Gasteiger partial charge on any atom is 0.338 e. The highest BCUT2D eigenvalue weighted by molar-refractivity contribution is 5.88. The van der Waals surface area contributed by atoms with Gasteiger partial charge in [0.2, 0.25) is 0 Å². The van der Waals surface area contributed by atoms with Gasteiger partial charge < -0.3 is 14.4 Å². The van der Waals surface area contributed by atoms with Gasteiger partial charge in [-0.1, -0.05) is 66.7 Å². The quantitative estimate of drug-likeness (QED) is 0.118. The first-order valence-corrected chi connectivity index (χ1v) is 12.7. The van der Waals surface area contributed by atoms with Crippen molar-refractivity contribution in [2.45, 2.75) is 13.8 Å². The molecule has 0 unspecified atom stereocenters. The molecule has 4 heteroatoms. The summed E-state index contributed by atoms with van der Waals surface area (Å²) in [5, 5.41) is 0.